The Morgan fingerprint density at radius 2 is 2.18 bits per heavy atom. The number of methoxy groups -OCH3 is 1. The summed E-state index contributed by atoms with van der Waals surface area (Å²) in [6.45, 7) is 2.52. The number of likely N-dealkylation sites (tertiary alicyclic amines) is 1. The number of piperidine rings is 1. The molecule has 0 aromatic carbocycles. The molecule has 0 aromatic heterocycles. The predicted octanol–water partition coefficient (Wildman–Crippen LogP) is -0.997. The molecule has 7 nitrogen and oxygen atoms in total. The van der Waals surface area contributed by atoms with Gasteiger partial charge in [-0.3, -0.25) is 19.9 Å². The van der Waals surface area contributed by atoms with Crippen LogP contribution in [0.15, 0.2) is 0 Å². The molecule has 0 aliphatic carbocycles. The van der Waals surface area contributed by atoms with Crippen molar-refractivity contribution in [3.05, 3.63) is 0 Å². The van der Waals surface area contributed by atoms with Gasteiger partial charge in [-0.15, -0.1) is 0 Å². The zero-order chi connectivity index (χ0) is 15.7. The first-order valence-electron chi connectivity index (χ1n) is 8.14. The van der Waals surface area contributed by atoms with Gasteiger partial charge in [0.05, 0.1) is 25.9 Å². The molecule has 0 amide bonds. The van der Waals surface area contributed by atoms with Crippen LogP contribution in [0.3, 0.4) is 0 Å². The van der Waals surface area contributed by atoms with Gasteiger partial charge in [-0.2, -0.15) is 0 Å². The molecule has 3 saturated heterocycles. The standard InChI is InChI=1S/C15H27N3O4/c1-17-9-16-12-5-13(15(20)21-2)18(7-14(12)17)6-10-3-4-11(8-19)22-10/h10-14,16,19H,3-9H2,1-2H3/t10?,11?,12?,13-,14?/m0/s1. The molecule has 0 radical (unpaired) electrons. The van der Waals surface area contributed by atoms with Crippen LogP contribution in [0, 0.1) is 0 Å². The Bertz CT molecular complexity index is 408. The van der Waals surface area contributed by atoms with E-state index in [1.807, 2.05) is 0 Å². The molecule has 3 aliphatic rings. The highest BCUT2D eigenvalue weighted by molar-refractivity contribution is 5.76. The zero-order valence-electron chi connectivity index (χ0n) is 13.4. The lowest BCUT2D eigenvalue weighted by Crippen LogP contribution is -2.59. The summed E-state index contributed by atoms with van der Waals surface area (Å²) >= 11 is 0. The van der Waals surface area contributed by atoms with E-state index >= 15 is 0 Å². The summed E-state index contributed by atoms with van der Waals surface area (Å²) in [6, 6.07) is 0.568. The molecule has 0 bridgehead atoms. The van der Waals surface area contributed by atoms with Crippen molar-refractivity contribution in [3.63, 3.8) is 0 Å². The van der Waals surface area contributed by atoms with Crippen molar-refractivity contribution in [2.45, 2.75) is 49.6 Å². The number of likely N-dealkylation sites (N-methyl/N-ethyl adjacent to an activating group) is 1. The number of hydrogen-bond acceptors (Lipinski definition) is 7. The average molecular weight is 313 g/mol. The van der Waals surface area contributed by atoms with Crippen LogP contribution in [0.1, 0.15) is 19.3 Å². The smallest absolute Gasteiger partial charge is 0.323 e. The molecule has 5 atom stereocenters. The van der Waals surface area contributed by atoms with Crippen LogP contribution in [0.25, 0.3) is 0 Å². The first-order valence-corrected chi connectivity index (χ1v) is 8.14. The molecular formula is C15H27N3O4. The third-order valence-electron chi connectivity index (χ3n) is 5.28. The summed E-state index contributed by atoms with van der Waals surface area (Å²) in [5.74, 6) is -0.161. The van der Waals surface area contributed by atoms with E-state index in [2.05, 4.69) is 22.2 Å². The van der Waals surface area contributed by atoms with Crippen molar-refractivity contribution >= 4 is 5.97 Å². The molecule has 0 saturated carbocycles. The van der Waals surface area contributed by atoms with Crippen molar-refractivity contribution in [2.75, 3.05) is 40.5 Å². The number of fused-ring (bicyclic) bond motifs is 1. The van der Waals surface area contributed by atoms with Crippen LogP contribution in [0.4, 0.5) is 0 Å². The van der Waals surface area contributed by atoms with Gasteiger partial charge in [-0.05, 0) is 26.3 Å². The fourth-order valence-corrected chi connectivity index (χ4v) is 3.98. The molecule has 3 fully saturated rings. The van der Waals surface area contributed by atoms with Crippen LogP contribution < -0.4 is 5.32 Å². The second-order valence-electron chi connectivity index (χ2n) is 6.66. The molecule has 3 aliphatic heterocycles. The van der Waals surface area contributed by atoms with Crippen molar-refractivity contribution in [1.29, 1.82) is 0 Å². The zero-order valence-corrected chi connectivity index (χ0v) is 13.4. The SMILES string of the molecule is COC(=O)[C@@H]1CC2NCN(C)C2CN1CC1CCC(CO)O1. The Balaban J connectivity index is 1.66. The third kappa shape index (κ3) is 3.14. The van der Waals surface area contributed by atoms with Gasteiger partial charge >= 0.3 is 5.97 Å². The largest absolute Gasteiger partial charge is 0.468 e. The van der Waals surface area contributed by atoms with Gasteiger partial charge in [0.25, 0.3) is 0 Å². The average Bonchev–Trinajstić information content (AvgIpc) is 3.13. The molecule has 0 spiro atoms. The van der Waals surface area contributed by atoms with E-state index in [1.165, 1.54) is 7.11 Å². The fraction of sp³-hybridized carbons (Fsp3) is 0.933. The van der Waals surface area contributed by atoms with Gasteiger partial charge in [0, 0.05) is 31.8 Å². The highest BCUT2D eigenvalue weighted by atomic mass is 16.5. The number of nitrogens with one attached hydrogen (secondary N) is 1. The van der Waals surface area contributed by atoms with Crippen molar-refractivity contribution < 1.29 is 19.4 Å². The third-order valence-corrected chi connectivity index (χ3v) is 5.28. The van der Waals surface area contributed by atoms with E-state index in [0.29, 0.717) is 12.1 Å². The van der Waals surface area contributed by atoms with E-state index in [1.54, 1.807) is 0 Å². The minimum absolute atomic E-state index is 0.0464. The summed E-state index contributed by atoms with van der Waals surface area (Å²) in [5, 5.41) is 12.7. The maximum atomic E-state index is 12.2. The van der Waals surface area contributed by atoms with E-state index in [0.717, 1.165) is 39.0 Å². The Morgan fingerprint density at radius 3 is 2.86 bits per heavy atom. The van der Waals surface area contributed by atoms with Crippen molar-refractivity contribution in [3.8, 4) is 0 Å². The van der Waals surface area contributed by atoms with Gasteiger partial charge in [0.1, 0.15) is 6.04 Å². The molecule has 126 valence electrons. The van der Waals surface area contributed by atoms with Crippen molar-refractivity contribution in [2.24, 2.45) is 0 Å². The van der Waals surface area contributed by atoms with E-state index < -0.39 is 0 Å². The second kappa shape index (κ2) is 6.80. The topological polar surface area (TPSA) is 74.3 Å². The summed E-state index contributed by atoms with van der Waals surface area (Å²) in [6.07, 6.45) is 2.66. The van der Waals surface area contributed by atoms with Crippen molar-refractivity contribution in [1.82, 2.24) is 15.1 Å². The number of carbonyl (C=O) groups is 1. The Labute approximate surface area is 131 Å². The van der Waals surface area contributed by atoms with Crippen LogP contribution in [0.2, 0.25) is 0 Å². The van der Waals surface area contributed by atoms with E-state index in [-0.39, 0.29) is 30.8 Å². The van der Waals surface area contributed by atoms with Crippen LogP contribution >= 0.6 is 0 Å². The first kappa shape index (κ1) is 16.1. The Kier molecular flexibility index (Phi) is 4.99. The molecule has 7 heteroatoms. The molecular weight excluding hydrogens is 286 g/mol. The highest BCUT2D eigenvalue weighted by Gasteiger charge is 2.44. The van der Waals surface area contributed by atoms with Gasteiger partial charge in [0.15, 0.2) is 0 Å². The predicted molar refractivity (Wildman–Crippen MR) is 80.3 cm³/mol. The lowest BCUT2D eigenvalue weighted by Gasteiger charge is -2.42. The van der Waals surface area contributed by atoms with Gasteiger partial charge in [0.2, 0.25) is 0 Å². The van der Waals surface area contributed by atoms with Gasteiger partial charge in [-0.1, -0.05) is 0 Å². The first-order chi connectivity index (χ1) is 10.6. The molecule has 4 unspecified atom stereocenters. The number of aliphatic hydroxyl groups excluding tert-OH is 1. The quantitative estimate of drug-likeness (QED) is 0.645. The van der Waals surface area contributed by atoms with E-state index in [9.17, 15) is 9.90 Å². The number of nitrogens with zero attached hydrogens (tertiary/aromatic N) is 2. The monoisotopic (exact) mass is 313 g/mol. The van der Waals surface area contributed by atoms with Crippen LogP contribution in [-0.4, -0.2) is 91.7 Å². The fourth-order valence-electron chi connectivity index (χ4n) is 3.98. The molecule has 2 N–H and O–H groups in total. The number of hydrogen-bond donors (Lipinski definition) is 2. The Hall–Kier alpha value is -0.730. The molecule has 22 heavy (non-hydrogen) atoms. The maximum absolute atomic E-state index is 12.2. The lowest BCUT2D eigenvalue weighted by molar-refractivity contribution is -0.150. The normalized spacial score (nSPS) is 39.9. The molecule has 3 heterocycles. The minimum atomic E-state index is -0.206. The van der Waals surface area contributed by atoms with Crippen LogP contribution in [-0.2, 0) is 14.3 Å². The number of rotatable bonds is 4. The van der Waals surface area contributed by atoms with Gasteiger partial charge < -0.3 is 14.6 Å². The minimum Gasteiger partial charge on any atom is -0.468 e. The number of carbonyl (C=O) groups excluding carboxylic acids is 1. The summed E-state index contributed by atoms with van der Waals surface area (Å²) < 4.78 is 10.8. The Morgan fingerprint density at radius 1 is 1.41 bits per heavy atom. The summed E-state index contributed by atoms with van der Waals surface area (Å²) in [4.78, 5) is 16.7. The molecule has 0 aromatic rings. The second-order valence-corrected chi connectivity index (χ2v) is 6.66. The summed E-state index contributed by atoms with van der Waals surface area (Å²) in [7, 11) is 3.57. The number of aliphatic hydroxyl groups is 1. The van der Waals surface area contributed by atoms with Crippen LogP contribution in [0.5, 0.6) is 0 Å². The maximum Gasteiger partial charge on any atom is 0.323 e. The summed E-state index contributed by atoms with van der Waals surface area (Å²) in [5.41, 5.74) is 0. The molecule has 3 rings (SSSR count). The number of esters is 1. The number of ether oxygens (including phenoxy) is 2. The van der Waals surface area contributed by atoms with E-state index in [4.69, 9.17) is 9.47 Å². The lowest BCUT2D eigenvalue weighted by atomic mass is 9.93. The van der Waals surface area contributed by atoms with Gasteiger partial charge in [-0.25, -0.2) is 0 Å². The highest BCUT2D eigenvalue weighted by Crippen LogP contribution is 2.28.